The summed E-state index contributed by atoms with van der Waals surface area (Å²) in [4.78, 5) is 38.9. The molecule has 1 unspecified atom stereocenters. The number of benzene rings is 2. The van der Waals surface area contributed by atoms with E-state index >= 15 is 0 Å². The Morgan fingerprint density at radius 3 is 2.46 bits per heavy atom. The Hall–Kier alpha value is -3.49. The van der Waals surface area contributed by atoms with Crippen LogP contribution in [0, 0.1) is 5.82 Å². The van der Waals surface area contributed by atoms with Gasteiger partial charge in [0.25, 0.3) is 5.56 Å². The van der Waals surface area contributed by atoms with Crippen LogP contribution in [0.3, 0.4) is 0 Å². The number of aromatic nitrogens is 1. The van der Waals surface area contributed by atoms with Crippen molar-refractivity contribution in [2.75, 3.05) is 19.0 Å². The maximum absolute atomic E-state index is 13.7. The standard InChI is InChI=1S/C28H30ClFN2O5/c1-17(33)21-10-9-18(29)13-22(21)23-15-26(34)32(16-25(23)36-5)24(11-12-37-28(2,3)4)27(35)31-20-8-6-7-19(30)14-20/h6-10,13-16,24H,11-12H2,1-5H3,(H,31,35). The zero-order chi connectivity index (χ0) is 27.3. The Balaban J connectivity index is 2.08. The minimum absolute atomic E-state index is 0.163. The van der Waals surface area contributed by atoms with Gasteiger partial charge in [0.05, 0.1) is 18.9 Å². The summed E-state index contributed by atoms with van der Waals surface area (Å²) in [5.74, 6) is -0.960. The monoisotopic (exact) mass is 528 g/mol. The van der Waals surface area contributed by atoms with Gasteiger partial charge in [0.15, 0.2) is 5.78 Å². The largest absolute Gasteiger partial charge is 0.495 e. The number of carbonyl (C=O) groups excluding carboxylic acids is 2. The number of methoxy groups -OCH3 is 1. The highest BCUT2D eigenvalue weighted by molar-refractivity contribution is 6.31. The molecule has 0 aliphatic rings. The minimum Gasteiger partial charge on any atom is -0.495 e. The average molecular weight is 529 g/mol. The van der Waals surface area contributed by atoms with Crippen molar-refractivity contribution in [1.29, 1.82) is 0 Å². The number of anilines is 1. The molecule has 0 bridgehead atoms. The van der Waals surface area contributed by atoms with Gasteiger partial charge in [-0.15, -0.1) is 0 Å². The highest BCUT2D eigenvalue weighted by Crippen LogP contribution is 2.34. The van der Waals surface area contributed by atoms with Crippen LogP contribution < -0.4 is 15.6 Å². The molecule has 0 radical (unpaired) electrons. The van der Waals surface area contributed by atoms with Gasteiger partial charge in [-0.3, -0.25) is 19.0 Å². The normalized spacial score (nSPS) is 12.2. The molecule has 0 aliphatic heterocycles. The van der Waals surface area contributed by atoms with Crippen LogP contribution in [0.15, 0.2) is 59.5 Å². The lowest BCUT2D eigenvalue weighted by Crippen LogP contribution is -2.34. The van der Waals surface area contributed by atoms with Gasteiger partial charge in [-0.1, -0.05) is 17.7 Å². The number of ether oxygens (including phenoxy) is 2. The van der Waals surface area contributed by atoms with Crippen molar-refractivity contribution < 1.29 is 23.5 Å². The quantitative estimate of drug-likeness (QED) is 0.349. The number of carbonyl (C=O) groups is 2. The van der Waals surface area contributed by atoms with E-state index in [4.69, 9.17) is 21.1 Å². The first-order valence-corrected chi connectivity index (χ1v) is 12.1. The predicted octanol–water partition coefficient (Wildman–Crippen LogP) is 5.90. The van der Waals surface area contributed by atoms with E-state index in [9.17, 15) is 18.8 Å². The molecule has 196 valence electrons. The summed E-state index contributed by atoms with van der Waals surface area (Å²) in [6.07, 6.45) is 1.59. The number of hydrogen-bond acceptors (Lipinski definition) is 5. The number of amides is 1. The fourth-order valence-corrected chi connectivity index (χ4v) is 4.03. The lowest BCUT2D eigenvalue weighted by molar-refractivity contribution is -0.120. The number of nitrogens with zero attached hydrogens (tertiary/aromatic N) is 1. The van der Waals surface area contributed by atoms with Crippen molar-refractivity contribution in [3.05, 3.63) is 81.5 Å². The molecule has 0 spiro atoms. The van der Waals surface area contributed by atoms with Crippen molar-refractivity contribution >= 4 is 29.0 Å². The molecule has 2 aromatic carbocycles. The van der Waals surface area contributed by atoms with Crippen LogP contribution in [0.1, 0.15) is 50.5 Å². The molecule has 3 rings (SSSR count). The Morgan fingerprint density at radius 1 is 1.11 bits per heavy atom. The van der Waals surface area contributed by atoms with Gasteiger partial charge < -0.3 is 14.8 Å². The summed E-state index contributed by atoms with van der Waals surface area (Å²) in [6.45, 7) is 7.26. The summed E-state index contributed by atoms with van der Waals surface area (Å²) < 4.78 is 26.3. The minimum atomic E-state index is -0.993. The topological polar surface area (TPSA) is 86.6 Å². The number of hydrogen-bond donors (Lipinski definition) is 1. The fourth-order valence-electron chi connectivity index (χ4n) is 3.86. The van der Waals surface area contributed by atoms with Gasteiger partial charge in [0, 0.05) is 40.9 Å². The number of ketones is 1. The van der Waals surface area contributed by atoms with Crippen LogP contribution in [-0.2, 0) is 9.53 Å². The van der Waals surface area contributed by atoms with E-state index in [1.165, 1.54) is 49.1 Å². The zero-order valence-corrected chi connectivity index (χ0v) is 22.2. The van der Waals surface area contributed by atoms with Crippen molar-refractivity contribution in [2.45, 2.75) is 45.8 Å². The second-order valence-electron chi connectivity index (χ2n) is 9.51. The third-order valence-corrected chi connectivity index (χ3v) is 5.81. The van der Waals surface area contributed by atoms with Gasteiger partial charge in [0.2, 0.25) is 5.91 Å². The van der Waals surface area contributed by atoms with Crippen molar-refractivity contribution in [2.24, 2.45) is 0 Å². The molecule has 37 heavy (non-hydrogen) atoms. The summed E-state index contributed by atoms with van der Waals surface area (Å²) >= 11 is 6.18. The molecule has 1 aromatic heterocycles. The number of Topliss-reactive ketones (excluding diaryl/α,β-unsaturated/α-hetero) is 1. The molecule has 3 aromatic rings. The SMILES string of the molecule is COc1cn(C(CCOC(C)(C)C)C(=O)Nc2cccc(F)c2)c(=O)cc1-c1cc(Cl)ccc1C(C)=O. The highest BCUT2D eigenvalue weighted by Gasteiger charge is 2.25. The van der Waals surface area contributed by atoms with Crippen molar-refractivity contribution in [1.82, 2.24) is 4.57 Å². The molecule has 9 heteroatoms. The molecule has 0 aliphatic carbocycles. The Labute approximate surface area is 220 Å². The van der Waals surface area contributed by atoms with Crippen LogP contribution in [0.5, 0.6) is 5.75 Å². The van der Waals surface area contributed by atoms with E-state index in [1.807, 2.05) is 20.8 Å². The first-order chi connectivity index (χ1) is 17.4. The van der Waals surface area contributed by atoms with Crippen molar-refractivity contribution in [3.63, 3.8) is 0 Å². The average Bonchev–Trinajstić information content (AvgIpc) is 2.81. The van der Waals surface area contributed by atoms with Gasteiger partial charge in [0.1, 0.15) is 17.6 Å². The smallest absolute Gasteiger partial charge is 0.252 e. The number of nitrogens with one attached hydrogen (secondary N) is 1. The molecule has 1 amide bonds. The predicted molar refractivity (Wildman–Crippen MR) is 142 cm³/mol. The van der Waals surface area contributed by atoms with E-state index in [-0.39, 0.29) is 30.2 Å². The van der Waals surface area contributed by atoms with E-state index in [0.29, 0.717) is 21.7 Å². The van der Waals surface area contributed by atoms with Crippen LogP contribution in [-0.4, -0.2) is 35.6 Å². The van der Waals surface area contributed by atoms with Crippen LogP contribution in [0.4, 0.5) is 10.1 Å². The number of pyridine rings is 1. The maximum atomic E-state index is 13.7. The van der Waals surface area contributed by atoms with E-state index in [1.54, 1.807) is 24.3 Å². The fraction of sp³-hybridized carbons (Fsp3) is 0.321. The lowest BCUT2D eigenvalue weighted by atomic mass is 9.97. The maximum Gasteiger partial charge on any atom is 0.252 e. The Bertz CT molecular complexity index is 1360. The first kappa shape index (κ1) is 28.1. The van der Waals surface area contributed by atoms with Gasteiger partial charge in [-0.2, -0.15) is 0 Å². The van der Waals surface area contributed by atoms with Crippen LogP contribution in [0.2, 0.25) is 5.02 Å². The Kier molecular flexibility index (Phi) is 8.89. The van der Waals surface area contributed by atoms with Crippen LogP contribution >= 0.6 is 11.6 Å². The van der Waals surface area contributed by atoms with E-state index in [0.717, 1.165) is 0 Å². The van der Waals surface area contributed by atoms with Gasteiger partial charge in [-0.05, 0) is 69.7 Å². The Morgan fingerprint density at radius 2 is 1.84 bits per heavy atom. The third-order valence-electron chi connectivity index (χ3n) is 5.57. The second-order valence-corrected chi connectivity index (χ2v) is 9.95. The number of rotatable bonds is 9. The number of halogens is 2. The summed E-state index contributed by atoms with van der Waals surface area (Å²) in [5.41, 5.74) is 0.489. The molecule has 1 heterocycles. The summed E-state index contributed by atoms with van der Waals surface area (Å²) in [6, 6.07) is 10.6. The van der Waals surface area contributed by atoms with Crippen LogP contribution in [0.25, 0.3) is 11.1 Å². The molecule has 1 atom stereocenters. The molecular formula is C28H30ClFN2O5. The molecule has 1 N–H and O–H groups in total. The second kappa shape index (κ2) is 11.7. The zero-order valence-electron chi connectivity index (χ0n) is 21.4. The molecule has 0 fully saturated rings. The summed E-state index contributed by atoms with van der Waals surface area (Å²) in [5, 5.41) is 3.06. The highest BCUT2D eigenvalue weighted by atomic mass is 35.5. The molecule has 0 saturated carbocycles. The summed E-state index contributed by atoms with van der Waals surface area (Å²) in [7, 11) is 1.43. The van der Waals surface area contributed by atoms with Gasteiger partial charge in [-0.25, -0.2) is 4.39 Å². The third kappa shape index (κ3) is 7.27. The van der Waals surface area contributed by atoms with Gasteiger partial charge >= 0.3 is 0 Å². The first-order valence-electron chi connectivity index (χ1n) is 11.7. The molecule has 7 nitrogen and oxygen atoms in total. The van der Waals surface area contributed by atoms with E-state index in [2.05, 4.69) is 5.32 Å². The molecule has 0 saturated heterocycles. The van der Waals surface area contributed by atoms with Crippen molar-refractivity contribution in [3.8, 4) is 16.9 Å². The lowest BCUT2D eigenvalue weighted by Gasteiger charge is -2.24. The molecular weight excluding hydrogens is 499 g/mol. The van der Waals surface area contributed by atoms with E-state index < -0.39 is 28.9 Å².